The van der Waals surface area contributed by atoms with Crippen LogP contribution in [0.4, 0.5) is 0 Å². The molecule has 0 saturated heterocycles. The van der Waals surface area contributed by atoms with Gasteiger partial charge in [-0.15, -0.1) is 6.58 Å². The Morgan fingerprint density at radius 1 is 1.12 bits per heavy atom. The van der Waals surface area contributed by atoms with Crippen molar-refractivity contribution in [2.75, 3.05) is 19.6 Å². The van der Waals surface area contributed by atoms with Crippen LogP contribution in [-0.2, 0) is 0 Å². The van der Waals surface area contributed by atoms with Crippen molar-refractivity contribution < 1.29 is 0 Å². The molecule has 0 aliphatic rings. The number of allylic oxidation sites excluding steroid dienone is 1. The SMILES string of the molecule is C=CC(C)(C)CC(C)C(C)CN(CC)CC. The van der Waals surface area contributed by atoms with Gasteiger partial charge in [0.1, 0.15) is 0 Å². The lowest BCUT2D eigenvalue weighted by Gasteiger charge is -2.31. The molecule has 1 nitrogen and oxygen atoms in total. The highest BCUT2D eigenvalue weighted by molar-refractivity contribution is 4.89. The predicted octanol–water partition coefficient (Wildman–Crippen LogP) is 4.20. The first-order valence-corrected chi connectivity index (χ1v) is 6.72. The molecule has 0 rings (SSSR count). The first-order chi connectivity index (χ1) is 7.36. The second kappa shape index (κ2) is 7.11. The molecule has 0 saturated carbocycles. The molecule has 0 amide bonds. The lowest BCUT2D eigenvalue weighted by atomic mass is 9.79. The normalized spacial score (nSPS) is 16.2. The fourth-order valence-corrected chi connectivity index (χ4v) is 2.18. The van der Waals surface area contributed by atoms with Crippen molar-refractivity contribution in [2.24, 2.45) is 17.3 Å². The van der Waals surface area contributed by atoms with Crippen LogP contribution in [0.25, 0.3) is 0 Å². The molecule has 0 aromatic rings. The van der Waals surface area contributed by atoms with E-state index >= 15 is 0 Å². The van der Waals surface area contributed by atoms with Crippen molar-refractivity contribution in [3.63, 3.8) is 0 Å². The van der Waals surface area contributed by atoms with Crippen LogP contribution in [0.3, 0.4) is 0 Å². The standard InChI is InChI=1S/C15H31N/c1-8-15(6,7)11-13(4)14(5)12-16(9-2)10-3/h8,13-14H,1,9-12H2,2-7H3. The van der Waals surface area contributed by atoms with Gasteiger partial charge in [0.15, 0.2) is 0 Å². The highest BCUT2D eigenvalue weighted by atomic mass is 15.1. The first kappa shape index (κ1) is 15.7. The third-order valence-corrected chi connectivity index (χ3v) is 3.81. The summed E-state index contributed by atoms with van der Waals surface area (Å²) < 4.78 is 0. The van der Waals surface area contributed by atoms with E-state index in [9.17, 15) is 0 Å². The molecule has 0 N–H and O–H groups in total. The maximum Gasteiger partial charge on any atom is 0.000934 e. The largest absolute Gasteiger partial charge is 0.304 e. The van der Waals surface area contributed by atoms with E-state index in [0.717, 1.165) is 11.8 Å². The van der Waals surface area contributed by atoms with Crippen LogP contribution in [0.15, 0.2) is 12.7 Å². The smallest absolute Gasteiger partial charge is 0.000934 e. The lowest BCUT2D eigenvalue weighted by Crippen LogP contribution is -2.31. The van der Waals surface area contributed by atoms with E-state index in [-0.39, 0.29) is 5.41 Å². The predicted molar refractivity (Wildman–Crippen MR) is 74.7 cm³/mol. The summed E-state index contributed by atoms with van der Waals surface area (Å²) in [6.45, 7) is 21.3. The highest BCUT2D eigenvalue weighted by Gasteiger charge is 2.22. The zero-order valence-corrected chi connectivity index (χ0v) is 12.2. The van der Waals surface area contributed by atoms with E-state index in [0.29, 0.717) is 0 Å². The summed E-state index contributed by atoms with van der Waals surface area (Å²) in [5.74, 6) is 1.52. The third-order valence-electron chi connectivity index (χ3n) is 3.81. The topological polar surface area (TPSA) is 3.24 Å². The molecule has 0 aliphatic heterocycles. The average Bonchev–Trinajstić information content (AvgIpc) is 2.24. The summed E-state index contributed by atoms with van der Waals surface area (Å²) in [6, 6.07) is 0. The van der Waals surface area contributed by atoms with E-state index < -0.39 is 0 Å². The Hall–Kier alpha value is -0.300. The maximum atomic E-state index is 3.93. The number of hydrogen-bond donors (Lipinski definition) is 0. The molecule has 2 atom stereocenters. The van der Waals surface area contributed by atoms with Crippen LogP contribution >= 0.6 is 0 Å². The quantitative estimate of drug-likeness (QED) is 0.560. The molecule has 0 aromatic heterocycles. The van der Waals surface area contributed by atoms with Crippen molar-refractivity contribution in [3.05, 3.63) is 12.7 Å². The van der Waals surface area contributed by atoms with Gasteiger partial charge in [0, 0.05) is 6.54 Å². The molecule has 2 unspecified atom stereocenters. The average molecular weight is 225 g/mol. The van der Waals surface area contributed by atoms with Gasteiger partial charge in [-0.3, -0.25) is 0 Å². The van der Waals surface area contributed by atoms with E-state index in [1.54, 1.807) is 0 Å². The van der Waals surface area contributed by atoms with Crippen molar-refractivity contribution in [1.82, 2.24) is 4.90 Å². The first-order valence-electron chi connectivity index (χ1n) is 6.72. The molecule has 1 heteroatoms. The molecule has 0 fully saturated rings. The summed E-state index contributed by atoms with van der Waals surface area (Å²) in [5.41, 5.74) is 0.275. The molecule has 0 bridgehead atoms. The lowest BCUT2D eigenvalue weighted by molar-refractivity contribution is 0.195. The van der Waals surface area contributed by atoms with Crippen molar-refractivity contribution >= 4 is 0 Å². The zero-order chi connectivity index (χ0) is 12.8. The third kappa shape index (κ3) is 5.69. The van der Waals surface area contributed by atoms with Gasteiger partial charge in [-0.2, -0.15) is 0 Å². The van der Waals surface area contributed by atoms with Crippen LogP contribution in [0.2, 0.25) is 0 Å². The van der Waals surface area contributed by atoms with Gasteiger partial charge >= 0.3 is 0 Å². The Labute approximate surface area is 103 Å². The van der Waals surface area contributed by atoms with Gasteiger partial charge in [-0.05, 0) is 36.8 Å². The van der Waals surface area contributed by atoms with Crippen molar-refractivity contribution in [2.45, 2.75) is 48.0 Å². The van der Waals surface area contributed by atoms with Gasteiger partial charge in [-0.25, -0.2) is 0 Å². The maximum absolute atomic E-state index is 3.93. The molecule has 16 heavy (non-hydrogen) atoms. The number of nitrogens with zero attached hydrogens (tertiary/aromatic N) is 1. The molecular weight excluding hydrogens is 194 g/mol. The molecule has 0 radical (unpaired) electrons. The van der Waals surface area contributed by atoms with Crippen LogP contribution in [0.5, 0.6) is 0 Å². The van der Waals surface area contributed by atoms with E-state index in [1.807, 2.05) is 0 Å². The molecule has 0 spiro atoms. The van der Waals surface area contributed by atoms with Gasteiger partial charge < -0.3 is 4.90 Å². The Morgan fingerprint density at radius 3 is 2.00 bits per heavy atom. The van der Waals surface area contributed by atoms with Gasteiger partial charge in [0.25, 0.3) is 0 Å². The van der Waals surface area contributed by atoms with Gasteiger partial charge in [0.05, 0.1) is 0 Å². The fourth-order valence-electron chi connectivity index (χ4n) is 2.18. The van der Waals surface area contributed by atoms with Crippen LogP contribution in [-0.4, -0.2) is 24.5 Å². The van der Waals surface area contributed by atoms with E-state index in [4.69, 9.17) is 0 Å². The number of rotatable bonds is 8. The monoisotopic (exact) mass is 225 g/mol. The Bertz CT molecular complexity index is 192. The molecule has 0 heterocycles. The second-order valence-corrected chi connectivity index (χ2v) is 5.84. The summed E-state index contributed by atoms with van der Waals surface area (Å²) in [5, 5.41) is 0. The summed E-state index contributed by atoms with van der Waals surface area (Å²) >= 11 is 0. The Balaban J connectivity index is 4.17. The Morgan fingerprint density at radius 2 is 1.62 bits per heavy atom. The van der Waals surface area contributed by atoms with E-state index in [2.05, 4.69) is 59.1 Å². The molecular formula is C15H31N. The molecule has 96 valence electrons. The minimum absolute atomic E-state index is 0.275. The fraction of sp³-hybridized carbons (Fsp3) is 0.867. The van der Waals surface area contributed by atoms with Crippen LogP contribution < -0.4 is 0 Å². The second-order valence-electron chi connectivity index (χ2n) is 5.84. The highest BCUT2D eigenvalue weighted by Crippen LogP contribution is 2.30. The minimum Gasteiger partial charge on any atom is -0.304 e. The summed E-state index contributed by atoms with van der Waals surface area (Å²) in [7, 11) is 0. The van der Waals surface area contributed by atoms with Crippen molar-refractivity contribution in [1.29, 1.82) is 0 Å². The van der Waals surface area contributed by atoms with Crippen LogP contribution in [0, 0.1) is 17.3 Å². The summed E-state index contributed by atoms with van der Waals surface area (Å²) in [4.78, 5) is 2.52. The zero-order valence-electron chi connectivity index (χ0n) is 12.2. The Kier molecular flexibility index (Phi) is 6.98. The molecule has 0 aromatic carbocycles. The minimum atomic E-state index is 0.275. The molecule has 0 aliphatic carbocycles. The van der Waals surface area contributed by atoms with Gasteiger partial charge in [-0.1, -0.05) is 47.6 Å². The number of hydrogen-bond acceptors (Lipinski definition) is 1. The van der Waals surface area contributed by atoms with E-state index in [1.165, 1.54) is 26.1 Å². The van der Waals surface area contributed by atoms with Crippen molar-refractivity contribution in [3.8, 4) is 0 Å². The summed E-state index contributed by atoms with van der Waals surface area (Å²) in [6.07, 6.45) is 3.33. The van der Waals surface area contributed by atoms with Gasteiger partial charge in [0.2, 0.25) is 0 Å². The van der Waals surface area contributed by atoms with Crippen LogP contribution in [0.1, 0.15) is 48.0 Å².